The van der Waals surface area contributed by atoms with Crippen molar-refractivity contribution in [2.45, 2.75) is 45.3 Å². The molecular weight excluding hydrogens is 292 g/mol. The standard InChI is InChI=1S/C14H21BrN2O/c1-10-3-5-13(6-4-10)18-14-11(8-16-2)7-12(15)9-17-14/h7,9-10,13,16H,3-6,8H2,1-2H3. The van der Waals surface area contributed by atoms with Crippen molar-refractivity contribution < 1.29 is 4.74 Å². The third-order valence-electron chi connectivity index (χ3n) is 3.50. The molecule has 1 fully saturated rings. The summed E-state index contributed by atoms with van der Waals surface area (Å²) in [6, 6.07) is 2.07. The van der Waals surface area contributed by atoms with Crippen LogP contribution in [-0.2, 0) is 6.54 Å². The van der Waals surface area contributed by atoms with Gasteiger partial charge in [-0.25, -0.2) is 4.98 Å². The summed E-state index contributed by atoms with van der Waals surface area (Å²) in [5.74, 6) is 1.63. The predicted octanol–water partition coefficient (Wildman–Crippen LogP) is 3.52. The molecule has 2 rings (SSSR count). The average Bonchev–Trinajstić information content (AvgIpc) is 2.36. The highest BCUT2D eigenvalue weighted by molar-refractivity contribution is 9.10. The van der Waals surface area contributed by atoms with Gasteiger partial charge in [0, 0.05) is 22.8 Å². The number of nitrogens with one attached hydrogen (secondary N) is 1. The summed E-state index contributed by atoms with van der Waals surface area (Å²) in [5.41, 5.74) is 1.12. The fourth-order valence-electron chi connectivity index (χ4n) is 2.40. The molecule has 3 nitrogen and oxygen atoms in total. The lowest BCUT2D eigenvalue weighted by atomic mass is 9.89. The van der Waals surface area contributed by atoms with Crippen molar-refractivity contribution in [2.24, 2.45) is 5.92 Å². The molecule has 0 unspecified atom stereocenters. The fraction of sp³-hybridized carbons (Fsp3) is 0.643. The van der Waals surface area contributed by atoms with Gasteiger partial charge in [0.1, 0.15) is 6.10 Å². The highest BCUT2D eigenvalue weighted by Crippen LogP contribution is 2.28. The smallest absolute Gasteiger partial charge is 0.218 e. The Bertz CT molecular complexity index is 389. The topological polar surface area (TPSA) is 34.2 Å². The van der Waals surface area contributed by atoms with Crippen LogP contribution in [0.1, 0.15) is 38.2 Å². The number of nitrogens with zero attached hydrogens (tertiary/aromatic N) is 1. The van der Waals surface area contributed by atoms with Crippen LogP contribution in [0.3, 0.4) is 0 Å². The molecule has 0 bridgehead atoms. The first-order valence-corrected chi connectivity index (χ1v) is 7.44. The lowest BCUT2D eigenvalue weighted by Crippen LogP contribution is -2.24. The summed E-state index contributed by atoms with van der Waals surface area (Å²) in [5, 5.41) is 3.16. The lowest BCUT2D eigenvalue weighted by Gasteiger charge is -2.27. The normalized spacial score (nSPS) is 23.9. The third-order valence-corrected chi connectivity index (χ3v) is 3.93. The van der Waals surface area contributed by atoms with Crippen LogP contribution in [0.2, 0.25) is 0 Å². The summed E-state index contributed by atoms with van der Waals surface area (Å²) in [6.45, 7) is 3.10. The van der Waals surface area contributed by atoms with E-state index >= 15 is 0 Å². The zero-order valence-corrected chi connectivity index (χ0v) is 12.7. The number of hydrogen-bond donors (Lipinski definition) is 1. The minimum absolute atomic E-state index is 0.338. The van der Waals surface area contributed by atoms with Crippen LogP contribution in [0.4, 0.5) is 0 Å². The molecule has 1 saturated carbocycles. The van der Waals surface area contributed by atoms with Gasteiger partial charge in [0.05, 0.1) is 0 Å². The monoisotopic (exact) mass is 312 g/mol. The SMILES string of the molecule is CNCc1cc(Br)cnc1OC1CCC(C)CC1. The zero-order valence-electron chi connectivity index (χ0n) is 11.1. The Labute approximate surface area is 117 Å². The average molecular weight is 313 g/mol. The van der Waals surface area contributed by atoms with E-state index < -0.39 is 0 Å². The molecule has 0 spiro atoms. The summed E-state index contributed by atoms with van der Waals surface area (Å²) in [4.78, 5) is 4.40. The van der Waals surface area contributed by atoms with E-state index in [-0.39, 0.29) is 0 Å². The van der Waals surface area contributed by atoms with Crippen molar-refractivity contribution in [3.63, 3.8) is 0 Å². The molecular formula is C14H21BrN2O. The van der Waals surface area contributed by atoms with Gasteiger partial charge in [-0.3, -0.25) is 0 Å². The van der Waals surface area contributed by atoms with Crippen molar-refractivity contribution in [3.05, 3.63) is 22.3 Å². The Hall–Kier alpha value is -0.610. The van der Waals surface area contributed by atoms with Crippen LogP contribution in [0, 0.1) is 5.92 Å². The highest BCUT2D eigenvalue weighted by atomic mass is 79.9. The van der Waals surface area contributed by atoms with Crippen molar-refractivity contribution in [3.8, 4) is 5.88 Å². The molecule has 4 heteroatoms. The first-order valence-electron chi connectivity index (χ1n) is 6.64. The Morgan fingerprint density at radius 1 is 1.39 bits per heavy atom. The molecule has 0 aliphatic heterocycles. The fourth-order valence-corrected chi connectivity index (χ4v) is 2.78. The van der Waals surface area contributed by atoms with E-state index in [4.69, 9.17) is 4.74 Å². The third kappa shape index (κ3) is 3.69. The molecule has 0 atom stereocenters. The number of ether oxygens (including phenoxy) is 1. The summed E-state index contributed by atoms with van der Waals surface area (Å²) in [7, 11) is 1.94. The molecule has 1 aromatic rings. The first-order chi connectivity index (χ1) is 8.69. The lowest BCUT2D eigenvalue weighted by molar-refractivity contribution is 0.128. The minimum Gasteiger partial charge on any atom is -0.474 e. The molecule has 0 aromatic carbocycles. The number of halogens is 1. The van der Waals surface area contributed by atoms with E-state index in [0.29, 0.717) is 6.10 Å². The van der Waals surface area contributed by atoms with E-state index in [2.05, 4.69) is 39.2 Å². The molecule has 0 saturated heterocycles. The van der Waals surface area contributed by atoms with Crippen LogP contribution in [0.5, 0.6) is 5.88 Å². The summed E-state index contributed by atoms with van der Waals surface area (Å²) >= 11 is 3.45. The van der Waals surface area contributed by atoms with Gasteiger partial charge < -0.3 is 10.1 Å². The maximum absolute atomic E-state index is 6.07. The zero-order chi connectivity index (χ0) is 13.0. The quantitative estimate of drug-likeness (QED) is 0.923. The molecule has 0 amide bonds. The van der Waals surface area contributed by atoms with Gasteiger partial charge in [0.2, 0.25) is 5.88 Å². The molecule has 1 aliphatic carbocycles. The van der Waals surface area contributed by atoms with Gasteiger partial charge in [-0.15, -0.1) is 0 Å². The van der Waals surface area contributed by atoms with Gasteiger partial charge in [-0.2, -0.15) is 0 Å². The van der Waals surface area contributed by atoms with Crippen molar-refractivity contribution >= 4 is 15.9 Å². The van der Waals surface area contributed by atoms with Crippen LogP contribution in [-0.4, -0.2) is 18.1 Å². The molecule has 0 radical (unpaired) electrons. The number of pyridine rings is 1. The second-order valence-corrected chi connectivity index (χ2v) is 6.06. The molecule has 1 N–H and O–H groups in total. The van der Waals surface area contributed by atoms with Crippen molar-refractivity contribution in [1.82, 2.24) is 10.3 Å². The maximum atomic E-state index is 6.07. The molecule has 1 aromatic heterocycles. The number of aromatic nitrogens is 1. The second-order valence-electron chi connectivity index (χ2n) is 5.15. The number of hydrogen-bond acceptors (Lipinski definition) is 3. The van der Waals surface area contributed by atoms with E-state index in [0.717, 1.165) is 41.2 Å². The minimum atomic E-state index is 0.338. The van der Waals surface area contributed by atoms with Gasteiger partial charge in [-0.05, 0) is 60.6 Å². The van der Waals surface area contributed by atoms with Crippen molar-refractivity contribution in [2.75, 3.05) is 7.05 Å². The van der Waals surface area contributed by atoms with Crippen LogP contribution in [0.15, 0.2) is 16.7 Å². The molecule has 18 heavy (non-hydrogen) atoms. The predicted molar refractivity (Wildman–Crippen MR) is 76.7 cm³/mol. The Morgan fingerprint density at radius 2 is 2.11 bits per heavy atom. The molecule has 100 valence electrons. The van der Waals surface area contributed by atoms with Gasteiger partial charge in [0.15, 0.2) is 0 Å². The Balaban J connectivity index is 2.03. The van der Waals surface area contributed by atoms with Crippen molar-refractivity contribution in [1.29, 1.82) is 0 Å². The van der Waals surface area contributed by atoms with Gasteiger partial charge >= 0.3 is 0 Å². The summed E-state index contributed by atoms with van der Waals surface area (Å²) in [6.07, 6.45) is 6.98. The largest absolute Gasteiger partial charge is 0.474 e. The van der Waals surface area contributed by atoms with Crippen LogP contribution < -0.4 is 10.1 Å². The van der Waals surface area contributed by atoms with E-state index in [9.17, 15) is 0 Å². The van der Waals surface area contributed by atoms with Crippen LogP contribution >= 0.6 is 15.9 Å². The first kappa shape index (κ1) is 13.8. The van der Waals surface area contributed by atoms with E-state index in [1.807, 2.05) is 7.05 Å². The van der Waals surface area contributed by atoms with Gasteiger partial charge in [-0.1, -0.05) is 6.92 Å². The summed E-state index contributed by atoms with van der Waals surface area (Å²) < 4.78 is 7.07. The Kier molecular flexibility index (Phi) is 5.01. The number of rotatable bonds is 4. The van der Waals surface area contributed by atoms with Gasteiger partial charge in [0.25, 0.3) is 0 Å². The second kappa shape index (κ2) is 6.53. The molecule has 1 aliphatic rings. The highest BCUT2D eigenvalue weighted by Gasteiger charge is 2.20. The Morgan fingerprint density at radius 3 is 2.78 bits per heavy atom. The van der Waals surface area contributed by atoms with E-state index in [1.54, 1.807) is 6.20 Å². The van der Waals surface area contributed by atoms with Crippen LogP contribution in [0.25, 0.3) is 0 Å². The van der Waals surface area contributed by atoms with E-state index in [1.165, 1.54) is 12.8 Å². The maximum Gasteiger partial charge on any atom is 0.218 e. The molecule has 1 heterocycles.